The maximum Gasteiger partial charge on any atom is 0.573 e. The molecule has 0 bridgehead atoms. The summed E-state index contributed by atoms with van der Waals surface area (Å²) in [5.41, 5.74) is 5.30. The number of ether oxygens (including phenoxy) is 1. The molecule has 0 saturated carbocycles. The number of carbonyl (C=O) groups is 1. The first kappa shape index (κ1) is 28.9. The third-order valence-electron chi connectivity index (χ3n) is 6.47. The molecule has 1 fully saturated rings. The summed E-state index contributed by atoms with van der Waals surface area (Å²) in [4.78, 5) is 23.4. The van der Waals surface area contributed by atoms with Crippen LogP contribution in [0, 0.1) is 0 Å². The lowest BCUT2D eigenvalue weighted by Gasteiger charge is -2.20. The van der Waals surface area contributed by atoms with Crippen molar-refractivity contribution in [3.05, 3.63) is 96.5 Å². The van der Waals surface area contributed by atoms with E-state index in [9.17, 15) is 18.0 Å². The minimum Gasteiger partial charge on any atom is -0.406 e. The van der Waals surface area contributed by atoms with Crippen molar-refractivity contribution in [2.45, 2.75) is 26.6 Å². The van der Waals surface area contributed by atoms with Gasteiger partial charge in [0.1, 0.15) is 12.1 Å². The van der Waals surface area contributed by atoms with Gasteiger partial charge in [0.05, 0.1) is 5.69 Å². The Balaban J connectivity index is 1.22. The Morgan fingerprint density at radius 3 is 2.55 bits per heavy atom. The fourth-order valence-electron chi connectivity index (χ4n) is 4.37. The van der Waals surface area contributed by atoms with E-state index in [1.807, 2.05) is 43.3 Å². The third-order valence-corrected chi connectivity index (χ3v) is 7.43. The van der Waals surface area contributed by atoms with Gasteiger partial charge in [0.15, 0.2) is 11.0 Å². The number of hydrogen-bond acceptors (Lipinski definition) is 5. The number of allylic oxidation sites excluding steroid dienone is 1. The SMILES string of the molecule is CCc1ccccc1N1CCS/C1=N\C(=O)N/C=C(\C)c1ccc(-c2ncn(-c3ccc(OC(F)(F)F)cc3)n2)cc1. The van der Waals surface area contributed by atoms with Crippen LogP contribution in [0.15, 0.2) is 90.3 Å². The van der Waals surface area contributed by atoms with Crippen molar-refractivity contribution in [2.75, 3.05) is 17.2 Å². The minimum absolute atomic E-state index is 0.314. The van der Waals surface area contributed by atoms with E-state index in [1.54, 1.807) is 18.0 Å². The van der Waals surface area contributed by atoms with Crippen LogP contribution in [0.2, 0.25) is 0 Å². The van der Waals surface area contributed by atoms with Crippen LogP contribution in [-0.4, -0.2) is 44.6 Å². The first-order chi connectivity index (χ1) is 20.2. The monoisotopic (exact) mass is 592 g/mol. The second-order valence-corrected chi connectivity index (χ2v) is 10.3. The number of amides is 2. The number of urea groups is 1. The maximum absolute atomic E-state index is 12.6. The largest absolute Gasteiger partial charge is 0.573 e. The number of amidine groups is 1. The topological polar surface area (TPSA) is 84.6 Å². The Morgan fingerprint density at radius 2 is 1.83 bits per heavy atom. The van der Waals surface area contributed by atoms with E-state index in [1.165, 1.54) is 40.8 Å². The highest BCUT2D eigenvalue weighted by Crippen LogP contribution is 2.29. The van der Waals surface area contributed by atoms with E-state index in [0.717, 1.165) is 41.1 Å². The highest BCUT2D eigenvalue weighted by molar-refractivity contribution is 8.14. The van der Waals surface area contributed by atoms with Crippen LogP contribution in [0.3, 0.4) is 0 Å². The predicted molar refractivity (Wildman–Crippen MR) is 159 cm³/mol. The normalized spacial score (nSPS) is 14.8. The fraction of sp³-hybridized carbons (Fsp3) is 0.200. The molecular formula is C30H27F3N6O2S. The molecule has 0 aliphatic carbocycles. The number of rotatable bonds is 7. The number of aryl methyl sites for hydroxylation is 1. The molecule has 0 radical (unpaired) electrons. The zero-order valence-corrected chi connectivity index (χ0v) is 23.6. The zero-order chi connectivity index (χ0) is 29.7. The first-order valence-corrected chi connectivity index (χ1v) is 14.1. The average Bonchev–Trinajstić information content (AvgIpc) is 3.66. The molecule has 4 aromatic rings. The molecule has 1 aromatic heterocycles. The summed E-state index contributed by atoms with van der Waals surface area (Å²) in [6.45, 7) is 4.79. The van der Waals surface area contributed by atoms with Crippen LogP contribution in [0.4, 0.5) is 23.7 Å². The van der Waals surface area contributed by atoms with E-state index in [-0.39, 0.29) is 5.75 Å². The molecule has 1 aliphatic rings. The Hall–Kier alpha value is -4.58. The molecular weight excluding hydrogens is 565 g/mol. The molecule has 0 spiro atoms. The van der Waals surface area contributed by atoms with Gasteiger partial charge < -0.3 is 15.0 Å². The van der Waals surface area contributed by atoms with Gasteiger partial charge in [-0.2, -0.15) is 4.99 Å². The van der Waals surface area contributed by atoms with Crippen LogP contribution in [0.25, 0.3) is 22.6 Å². The molecule has 42 heavy (non-hydrogen) atoms. The number of aliphatic imine (C=N–C) groups is 1. The van der Waals surface area contributed by atoms with Crippen molar-refractivity contribution in [1.29, 1.82) is 0 Å². The van der Waals surface area contributed by atoms with Crippen LogP contribution in [0.1, 0.15) is 25.0 Å². The molecule has 216 valence electrons. The van der Waals surface area contributed by atoms with E-state index >= 15 is 0 Å². The second-order valence-electron chi connectivity index (χ2n) is 9.29. The third kappa shape index (κ3) is 7.00. The maximum atomic E-state index is 12.6. The number of halogens is 3. The summed E-state index contributed by atoms with van der Waals surface area (Å²) in [7, 11) is 0. The fourth-order valence-corrected chi connectivity index (χ4v) is 5.32. The van der Waals surface area contributed by atoms with Crippen LogP contribution in [-0.2, 0) is 6.42 Å². The lowest BCUT2D eigenvalue weighted by molar-refractivity contribution is -0.274. The summed E-state index contributed by atoms with van der Waals surface area (Å²) in [6.07, 6.45) is -0.743. The average molecular weight is 593 g/mol. The van der Waals surface area contributed by atoms with Crippen LogP contribution >= 0.6 is 11.8 Å². The minimum atomic E-state index is -4.75. The Bertz CT molecular complexity index is 1620. The number of nitrogens with one attached hydrogen (secondary N) is 1. The van der Waals surface area contributed by atoms with Gasteiger partial charge in [-0.25, -0.2) is 14.5 Å². The molecule has 8 nitrogen and oxygen atoms in total. The highest BCUT2D eigenvalue weighted by atomic mass is 32.2. The Morgan fingerprint density at radius 1 is 1.10 bits per heavy atom. The van der Waals surface area contributed by atoms with E-state index in [2.05, 4.69) is 49.1 Å². The van der Waals surface area contributed by atoms with E-state index < -0.39 is 12.4 Å². The number of carbonyl (C=O) groups excluding carboxylic acids is 1. The van der Waals surface area contributed by atoms with Gasteiger partial charge >= 0.3 is 12.4 Å². The first-order valence-electron chi connectivity index (χ1n) is 13.1. The van der Waals surface area contributed by atoms with E-state index in [0.29, 0.717) is 16.7 Å². The van der Waals surface area contributed by atoms with Gasteiger partial charge in [-0.15, -0.1) is 18.3 Å². The molecule has 1 aliphatic heterocycles. The number of thioether (sulfide) groups is 1. The van der Waals surface area contributed by atoms with Gasteiger partial charge in [-0.1, -0.05) is 61.2 Å². The van der Waals surface area contributed by atoms with Crippen molar-refractivity contribution < 1.29 is 22.7 Å². The lowest BCUT2D eigenvalue weighted by atomic mass is 10.1. The van der Waals surface area contributed by atoms with Crippen molar-refractivity contribution in [3.63, 3.8) is 0 Å². The number of benzene rings is 3. The number of anilines is 1. The summed E-state index contributed by atoms with van der Waals surface area (Å²) in [6, 6.07) is 20.6. The van der Waals surface area contributed by atoms with Gasteiger partial charge in [-0.05, 0) is 60.4 Å². The molecule has 1 saturated heterocycles. The summed E-state index contributed by atoms with van der Waals surface area (Å²) in [5, 5.41) is 7.87. The summed E-state index contributed by atoms with van der Waals surface area (Å²) < 4.78 is 42.6. The van der Waals surface area contributed by atoms with Crippen molar-refractivity contribution in [2.24, 2.45) is 4.99 Å². The molecule has 2 heterocycles. The lowest BCUT2D eigenvalue weighted by Crippen LogP contribution is -2.27. The van der Waals surface area contributed by atoms with Crippen LogP contribution < -0.4 is 15.0 Å². The van der Waals surface area contributed by atoms with Gasteiger partial charge in [0, 0.05) is 29.7 Å². The Kier molecular flexibility index (Phi) is 8.62. The molecule has 5 rings (SSSR count). The van der Waals surface area contributed by atoms with Crippen molar-refractivity contribution in [1.82, 2.24) is 20.1 Å². The van der Waals surface area contributed by atoms with E-state index in [4.69, 9.17) is 0 Å². The zero-order valence-electron chi connectivity index (χ0n) is 22.8. The van der Waals surface area contributed by atoms with Gasteiger partial charge in [0.25, 0.3) is 0 Å². The summed E-state index contributed by atoms with van der Waals surface area (Å²) >= 11 is 1.56. The predicted octanol–water partition coefficient (Wildman–Crippen LogP) is 7.08. The molecule has 2 amide bonds. The molecule has 0 unspecified atom stereocenters. The number of hydrogen-bond donors (Lipinski definition) is 1. The number of alkyl halides is 3. The quantitative estimate of drug-likeness (QED) is 0.247. The standard InChI is InChI=1S/C30H27F3N6O2S/c1-3-21-6-4-5-7-26(21)38-16-17-42-29(38)36-28(40)34-18-20(2)22-8-10-23(11-9-22)27-35-19-39(37-27)24-12-14-25(15-13-24)41-30(31,32)33/h4-15,18-19H,3,16-17H2,1-2H3,(H,34,40)/b20-18+,36-29-. The smallest absolute Gasteiger partial charge is 0.406 e. The van der Waals surface area contributed by atoms with Crippen molar-refractivity contribution in [3.8, 4) is 22.8 Å². The highest BCUT2D eigenvalue weighted by Gasteiger charge is 2.31. The number of aromatic nitrogens is 3. The molecule has 0 atom stereocenters. The van der Waals surface area contributed by atoms with Crippen LogP contribution in [0.5, 0.6) is 5.75 Å². The second kappa shape index (κ2) is 12.5. The van der Waals surface area contributed by atoms with Gasteiger partial charge in [0.2, 0.25) is 0 Å². The van der Waals surface area contributed by atoms with Gasteiger partial charge in [-0.3, -0.25) is 0 Å². The van der Waals surface area contributed by atoms with Crippen molar-refractivity contribution >= 4 is 34.2 Å². The number of nitrogens with zero attached hydrogens (tertiary/aromatic N) is 5. The number of para-hydroxylation sites is 1. The summed E-state index contributed by atoms with van der Waals surface area (Å²) in [5.74, 6) is 0.999. The molecule has 12 heteroatoms. The Labute approximate surface area is 244 Å². The molecule has 1 N–H and O–H groups in total. The molecule has 3 aromatic carbocycles.